The number of hydrogen-bond donors (Lipinski definition) is 4. The fraction of sp³-hybridized carbons (Fsp3) is 0.222. The van der Waals surface area contributed by atoms with Crippen LogP contribution in [-0.4, -0.2) is 9.97 Å². The van der Waals surface area contributed by atoms with Crippen molar-refractivity contribution in [2.24, 2.45) is 0 Å². The summed E-state index contributed by atoms with van der Waals surface area (Å²) in [7, 11) is 0. The summed E-state index contributed by atoms with van der Waals surface area (Å²) < 4.78 is 0. The normalized spacial score (nSPS) is 10.3. The van der Waals surface area contributed by atoms with Crippen LogP contribution in [-0.2, 0) is 0 Å². The molecule has 0 saturated heterocycles. The first-order valence-corrected chi connectivity index (χ1v) is 7.54. The Hall–Kier alpha value is -3.02. The van der Waals surface area contributed by atoms with Crippen LogP contribution < -0.4 is 22.6 Å². The highest BCUT2D eigenvalue weighted by molar-refractivity contribution is 5.78. The van der Waals surface area contributed by atoms with Crippen LogP contribution >= 0.6 is 0 Å². The molecule has 1 heterocycles. The van der Waals surface area contributed by atoms with Crippen molar-refractivity contribution in [3.05, 3.63) is 67.2 Å². The van der Waals surface area contributed by atoms with E-state index in [9.17, 15) is 9.59 Å². The van der Waals surface area contributed by atoms with Crippen LogP contribution in [0.3, 0.4) is 0 Å². The van der Waals surface area contributed by atoms with Crippen LogP contribution in [0.15, 0.2) is 33.9 Å². The second-order valence-electron chi connectivity index (χ2n) is 6.00. The zero-order chi connectivity index (χ0) is 18.0. The van der Waals surface area contributed by atoms with Crippen molar-refractivity contribution in [2.75, 3.05) is 11.5 Å². The molecular weight excluding hydrogens is 304 g/mol. The summed E-state index contributed by atoms with van der Waals surface area (Å²) in [4.78, 5) is 27.2. The van der Waals surface area contributed by atoms with E-state index in [0.717, 1.165) is 22.3 Å². The molecule has 0 atom stereocenters. The molecule has 2 aromatic carbocycles. The van der Waals surface area contributed by atoms with Gasteiger partial charge >= 0.3 is 11.1 Å². The molecule has 0 saturated carbocycles. The number of anilines is 2. The summed E-state index contributed by atoms with van der Waals surface area (Å²) in [5, 5.41) is 0. The Kier molecular flexibility index (Phi) is 4.78. The smallest absolute Gasteiger partial charge is 0.314 e. The minimum Gasteiger partial charge on any atom is -0.397 e. The van der Waals surface area contributed by atoms with Gasteiger partial charge in [0.05, 0.1) is 22.4 Å². The van der Waals surface area contributed by atoms with Gasteiger partial charge in [0.15, 0.2) is 0 Å². The standard InChI is InChI=1S/C10H10N2O2.C8H12N2/c1-5-3-6(2)8-7(4-5)11-9(13)10(14)12-8;1-5-3-6(2)8(10)7(9)4-5/h3-4H,1-2H3,(H,11,13)(H,12,14);3-4H,9-10H2,1-2H3. The molecule has 0 aliphatic rings. The zero-order valence-electron chi connectivity index (χ0n) is 14.3. The molecule has 0 spiro atoms. The van der Waals surface area contributed by atoms with Crippen molar-refractivity contribution in [1.82, 2.24) is 9.97 Å². The lowest BCUT2D eigenvalue weighted by atomic mass is 10.1. The van der Waals surface area contributed by atoms with E-state index in [4.69, 9.17) is 11.5 Å². The number of nitrogen functional groups attached to an aromatic ring is 2. The highest BCUT2D eigenvalue weighted by Gasteiger charge is 2.02. The lowest BCUT2D eigenvalue weighted by Gasteiger charge is -2.04. The van der Waals surface area contributed by atoms with Crippen LogP contribution in [0.4, 0.5) is 11.4 Å². The quantitative estimate of drug-likeness (QED) is 0.374. The maximum absolute atomic E-state index is 11.1. The predicted octanol–water partition coefficient (Wildman–Crippen LogP) is 2.30. The van der Waals surface area contributed by atoms with E-state index in [2.05, 4.69) is 9.97 Å². The van der Waals surface area contributed by atoms with Gasteiger partial charge in [-0.15, -0.1) is 0 Å². The SMILES string of the molecule is Cc1cc(C)c(N)c(N)c1.Cc1cc(C)c2[nH]c(=O)c(=O)[nH]c2c1. The van der Waals surface area contributed by atoms with Crippen LogP contribution in [0.5, 0.6) is 0 Å². The molecule has 0 aliphatic heterocycles. The van der Waals surface area contributed by atoms with E-state index in [0.29, 0.717) is 22.4 Å². The van der Waals surface area contributed by atoms with E-state index in [1.54, 1.807) is 0 Å². The van der Waals surface area contributed by atoms with E-state index in [1.165, 1.54) is 0 Å². The molecule has 6 heteroatoms. The number of aryl methyl sites for hydroxylation is 4. The van der Waals surface area contributed by atoms with Crippen molar-refractivity contribution < 1.29 is 0 Å². The number of rotatable bonds is 0. The number of nitrogens with one attached hydrogen (secondary N) is 2. The summed E-state index contributed by atoms with van der Waals surface area (Å²) in [6.07, 6.45) is 0. The van der Waals surface area contributed by atoms with Gasteiger partial charge in [-0.05, 0) is 62.1 Å². The Morgan fingerprint density at radius 1 is 0.750 bits per heavy atom. The third-order valence-electron chi connectivity index (χ3n) is 3.74. The summed E-state index contributed by atoms with van der Waals surface area (Å²) in [6, 6.07) is 7.68. The van der Waals surface area contributed by atoms with Gasteiger partial charge in [0, 0.05) is 0 Å². The first-order chi connectivity index (χ1) is 11.2. The summed E-state index contributed by atoms with van der Waals surface area (Å²) in [6.45, 7) is 7.79. The third-order valence-corrected chi connectivity index (χ3v) is 3.74. The van der Waals surface area contributed by atoms with Crippen molar-refractivity contribution in [3.8, 4) is 0 Å². The number of aromatic amines is 2. The molecular formula is C18H22N4O2. The minimum atomic E-state index is -0.609. The lowest BCUT2D eigenvalue weighted by molar-refractivity contribution is 1.13. The summed E-state index contributed by atoms with van der Waals surface area (Å²) in [5.41, 5.74) is 17.0. The van der Waals surface area contributed by atoms with Gasteiger partial charge in [0.2, 0.25) is 0 Å². The van der Waals surface area contributed by atoms with Gasteiger partial charge in [-0.2, -0.15) is 0 Å². The largest absolute Gasteiger partial charge is 0.397 e. The molecule has 1 aromatic heterocycles. The second-order valence-corrected chi connectivity index (χ2v) is 6.00. The molecule has 3 aromatic rings. The molecule has 0 unspecified atom stereocenters. The van der Waals surface area contributed by atoms with E-state index in [1.807, 2.05) is 52.0 Å². The molecule has 0 amide bonds. The highest BCUT2D eigenvalue weighted by atomic mass is 16.2. The van der Waals surface area contributed by atoms with Crippen LogP contribution in [0, 0.1) is 27.7 Å². The van der Waals surface area contributed by atoms with Gasteiger partial charge in [-0.3, -0.25) is 9.59 Å². The first kappa shape index (κ1) is 17.3. The lowest BCUT2D eigenvalue weighted by Crippen LogP contribution is -2.29. The van der Waals surface area contributed by atoms with Gasteiger partial charge < -0.3 is 21.4 Å². The number of fused-ring (bicyclic) bond motifs is 1. The Morgan fingerprint density at radius 2 is 1.29 bits per heavy atom. The van der Waals surface area contributed by atoms with Crippen LogP contribution in [0.25, 0.3) is 11.0 Å². The first-order valence-electron chi connectivity index (χ1n) is 7.54. The number of H-pyrrole nitrogens is 2. The average molecular weight is 326 g/mol. The van der Waals surface area contributed by atoms with E-state index >= 15 is 0 Å². The van der Waals surface area contributed by atoms with Crippen LogP contribution in [0.2, 0.25) is 0 Å². The van der Waals surface area contributed by atoms with Crippen molar-refractivity contribution in [1.29, 1.82) is 0 Å². The number of aromatic nitrogens is 2. The number of benzene rings is 2. The third kappa shape index (κ3) is 3.65. The Balaban J connectivity index is 0.000000185. The summed E-state index contributed by atoms with van der Waals surface area (Å²) in [5.74, 6) is 0. The topological polar surface area (TPSA) is 118 Å². The fourth-order valence-electron chi connectivity index (χ4n) is 2.59. The van der Waals surface area contributed by atoms with Crippen molar-refractivity contribution in [2.45, 2.75) is 27.7 Å². The molecule has 6 nitrogen and oxygen atoms in total. The van der Waals surface area contributed by atoms with Gasteiger partial charge in [0.25, 0.3) is 0 Å². The molecule has 0 fully saturated rings. The molecule has 6 N–H and O–H groups in total. The molecule has 126 valence electrons. The molecule has 24 heavy (non-hydrogen) atoms. The van der Waals surface area contributed by atoms with Crippen molar-refractivity contribution >= 4 is 22.4 Å². The molecule has 0 bridgehead atoms. The Labute approximate surface area is 139 Å². The minimum absolute atomic E-state index is 0.607. The van der Waals surface area contributed by atoms with E-state index in [-0.39, 0.29) is 0 Å². The summed E-state index contributed by atoms with van der Waals surface area (Å²) >= 11 is 0. The zero-order valence-corrected chi connectivity index (χ0v) is 14.3. The number of hydrogen-bond acceptors (Lipinski definition) is 4. The van der Waals surface area contributed by atoms with Gasteiger partial charge in [0.1, 0.15) is 0 Å². The van der Waals surface area contributed by atoms with Crippen molar-refractivity contribution in [3.63, 3.8) is 0 Å². The maximum Gasteiger partial charge on any atom is 0.314 e. The van der Waals surface area contributed by atoms with E-state index < -0.39 is 11.1 Å². The van der Waals surface area contributed by atoms with Gasteiger partial charge in [-0.25, -0.2) is 0 Å². The second kappa shape index (κ2) is 6.62. The molecule has 0 aliphatic carbocycles. The Bertz CT molecular complexity index is 993. The van der Waals surface area contributed by atoms with Crippen LogP contribution in [0.1, 0.15) is 22.3 Å². The average Bonchev–Trinajstić information content (AvgIpc) is 2.47. The molecule has 3 rings (SSSR count). The van der Waals surface area contributed by atoms with Gasteiger partial charge in [-0.1, -0.05) is 12.1 Å². The molecule has 0 radical (unpaired) electrons. The maximum atomic E-state index is 11.1. The number of nitrogens with two attached hydrogens (primary N) is 2. The highest BCUT2D eigenvalue weighted by Crippen LogP contribution is 2.20. The Morgan fingerprint density at radius 3 is 1.92 bits per heavy atom. The fourth-order valence-corrected chi connectivity index (χ4v) is 2.59. The predicted molar refractivity (Wildman–Crippen MR) is 99.4 cm³/mol. The monoisotopic (exact) mass is 326 g/mol.